The number of amides is 3. The maximum Gasteiger partial charge on any atom is 0.329 e. The molecule has 0 saturated heterocycles. The molecule has 0 aliphatic rings. The molecule has 3 N–H and O–H groups in total. The molecule has 0 bridgehead atoms. The number of hydrogen-bond acceptors (Lipinski definition) is 7. The maximum absolute atomic E-state index is 13.7. The van der Waals surface area contributed by atoms with Crippen molar-refractivity contribution in [1.29, 1.82) is 0 Å². The molecule has 0 heterocycles. The predicted octanol–water partition coefficient (Wildman–Crippen LogP) is 4.26. The molecule has 3 rings (SSSR count). The van der Waals surface area contributed by atoms with Crippen LogP contribution in [0.25, 0.3) is 0 Å². The molecule has 3 atom stereocenters. The van der Waals surface area contributed by atoms with Gasteiger partial charge in [0.2, 0.25) is 17.7 Å². The van der Waals surface area contributed by atoms with Gasteiger partial charge in [-0.3, -0.25) is 19.2 Å². The molecule has 3 aromatic carbocycles. The van der Waals surface area contributed by atoms with E-state index in [9.17, 15) is 24.0 Å². The quantitative estimate of drug-likeness (QED) is 0.187. The molecule has 250 valence electrons. The molecule has 0 aliphatic heterocycles. The van der Waals surface area contributed by atoms with Crippen LogP contribution in [-0.4, -0.2) is 47.8 Å². The van der Waals surface area contributed by atoms with Crippen LogP contribution in [0.1, 0.15) is 57.2 Å². The lowest BCUT2D eigenvalue weighted by atomic mass is 10.0. The van der Waals surface area contributed by atoms with Gasteiger partial charge in [-0.1, -0.05) is 119 Å². The molecule has 10 nitrogen and oxygen atoms in total. The molecular formula is C37H45N3O7. The summed E-state index contributed by atoms with van der Waals surface area (Å²) < 4.78 is 10.9. The lowest BCUT2D eigenvalue weighted by Crippen LogP contribution is -2.57. The van der Waals surface area contributed by atoms with Crippen LogP contribution in [0.2, 0.25) is 0 Å². The number of carbonyl (C=O) groups excluding carboxylic acids is 5. The third kappa shape index (κ3) is 13.1. The molecule has 47 heavy (non-hydrogen) atoms. The lowest BCUT2D eigenvalue weighted by molar-refractivity contribution is -0.151. The van der Waals surface area contributed by atoms with Gasteiger partial charge < -0.3 is 25.4 Å². The molecule has 0 fully saturated rings. The number of hydrogen-bond donors (Lipinski definition) is 3. The number of esters is 2. The van der Waals surface area contributed by atoms with Crippen molar-refractivity contribution in [3.63, 3.8) is 0 Å². The highest BCUT2D eigenvalue weighted by Crippen LogP contribution is 2.11. The summed E-state index contributed by atoms with van der Waals surface area (Å²) in [6, 6.07) is 23.9. The van der Waals surface area contributed by atoms with E-state index in [1.807, 2.05) is 92.7 Å². The van der Waals surface area contributed by atoms with Crippen molar-refractivity contribution >= 4 is 29.7 Å². The predicted molar refractivity (Wildman–Crippen MR) is 177 cm³/mol. The Morgan fingerprint density at radius 1 is 0.596 bits per heavy atom. The highest BCUT2D eigenvalue weighted by molar-refractivity contribution is 5.95. The van der Waals surface area contributed by atoms with Crippen LogP contribution in [0.3, 0.4) is 0 Å². The summed E-state index contributed by atoms with van der Waals surface area (Å²) in [5.41, 5.74) is 2.32. The Hall–Kier alpha value is -4.99. The van der Waals surface area contributed by atoms with Gasteiger partial charge in [-0.15, -0.1) is 0 Å². The molecule has 0 aromatic heterocycles. The largest absolute Gasteiger partial charge is 0.461 e. The van der Waals surface area contributed by atoms with Crippen LogP contribution < -0.4 is 16.0 Å². The summed E-state index contributed by atoms with van der Waals surface area (Å²) in [4.78, 5) is 66.2. The van der Waals surface area contributed by atoms with Crippen molar-refractivity contribution in [1.82, 2.24) is 16.0 Å². The fourth-order valence-corrected chi connectivity index (χ4v) is 4.74. The van der Waals surface area contributed by atoms with Crippen LogP contribution >= 0.6 is 0 Å². The highest BCUT2D eigenvalue weighted by Gasteiger charge is 2.33. The van der Waals surface area contributed by atoms with Gasteiger partial charge >= 0.3 is 11.9 Å². The highest BCUT2D eigenvalue weighted by atomic mass is 16.5. The smallest absolute Gasteiger partial charge is 0.329 e. The number of ether oxygens (including phenoxy) is 2. The minimum Gasteiger partial charge on any atom is -0.461 e. The summed E-state index contributed by atoms with van der Waals surface area (Å²) in [6.07, 6.45) is -0.139. The van der Waals surface area contributed by atoms with Crippen molar-refractivity contribution in [2.75, 3.05) is 0 Å². The van der Waals surface area contributed by atoms with E-state index in [1.165, 1.54) is 0 Å². The van der Waals surface area contributed by atoms with Crippen LogP contribution in [0.15, 0.2) is 91.0 Å². The van der Waals surface area contributed by atoms with Crippen molar-refractivity contribution in [3.8, 4) is 0 Å². The second-order valence-corrected chi connectivity index (χ2v) is 12.1. The molecule has 0 saturated carbocycles. The Bertz CT molecular complexity index is 1450. The van der Waals surface area contributed by atoms with Crippen molar-refractivity contribution in [3.05, 3.63) is 108 Å². The van der Waals surface area contributed by atoms with Gasteiger partial charge in [0.25, 0.3) is 0 Å². The Morgan fingerprint density at radius 3 is 1.60 bits per heavy atom. The van der Waals surface area contributed by atoms with E-state index in [1.54, 1.807) is 26.0 Å². The normalized spacial score (nSPS) is 12.8. The summed E-state index contributed by atoms with van der Waals surface area (Å²) in [5, 5.41) is 8.09. The molecule has 3 amide bonds. The fraction of sp³-hybridized carbons (Fsp3) is 0.378. The first-order valence-corrected chi connectivity index (χ1v) is 15.9. The summed E-state index contributed by atoms with van der Waals surface area (Å²) in [6.45, 7) is 7.30. The summed E-state index contributed by atoms with van der Waals surface area (Å²) in [7, 11) is 0. The minimum absolute atomic E-state index is 0.0182. The van der Waals surface area contributed by atoms with E-state index in [4.69, 9.17) is 9.47 Å². The minimum atomic E-state index is -1.39. The van der Waals surface area contributed by atoms with E-state index < -0.39 is 48.3 Å². The molecule has 3 aromatic rings. The van der Waals surface area contributed by atoms with E-state index in [-0.39, 0.29) is 37.4 Å². The number of carbonyl (C=O) groups is 5. The Morgan fingerprint density at radius 2 is 1.09 bits per heavy atom. The van der Waals surface area contributed by atoms with Gasteiger partial charge in [-0.25, -0.2) is 4.79 Å². The van der Waals surface area contributed by atoms with Gasteiger partial charge in [0.1, 0.15) is 31.3 Å². The monoisotopic (exact) mass is 643 g/mol. The number of nitrogens with one attached hydrogen (secondary N) is 3. The number of benzene rings is 3. The van der Waals surface area contributed by atoms with Crippen LogP contribution in [0.4, 0.5) is 0 Å². The topological polar surface area (TPSA) is 140 Å². The van der Waals surface area contributed by atoms with Gasteiger partial charge in [-0.05, 0) is 34.9 Å². The second-order valence-electron chi connectivity index (χ2n) is 12.1. The molecule has 0 aliphatic carbocycles. The first kappa shape index (κ1) is 36.5. The summed E-state index contributed by atoms with van der Waals surface area (Å²) in [5.74, 6) is -3.48. The third-order valence-corrected chi connectivity index (χ3v) is 7.26. The SMILES string of the molecule is CC(C)C[C@H](NC(=O)Cc1ccccc1)C(=O)N[C@@H](CC(=O)OCc1ccccc1)C(=O)N[C@H](C(=O)OCc1ccccc1)C(C)C. The van der Waals surface area contributed by atoms with Gasteiger partial charge in [0.05, 0.1) is 12.8 Å². The van der Waals surface area contributed by atoms with E-state index in [0.29, 0.717) is 6.42 Å². The Labute approximate surface area is 276 Å². The second kappa shape index (κ2) is 18.9. The molecule has 0 unspecified atom stereocenters. The molecule has 0 spiro atoms. The molecule has 0 radical (unpaired) electrons. The van der Waals surface area contributed by atoms with Crippen LogP contribution in [0.5, 0.6) is 0 Å². The standard InChI is InChI=1S/C37H45N3O7/c1-25(2)20-30(38-32(41)21-27-14-8-5-9-15-27)35(43)39-31(22-33(42)46-23-28-16-10-6-11-17-28)36(44)40-34(26(3)4)37(45)47-24-29-18-12-7-13-19-29/h5-19,25-26,30-31,34H,20-24H2,1-4H3,(H,38,41)(H,39,43)(H,40,44)/t30-,31-,34-/m0/s1. The summed E-state index contributed by atoms with van der Waals surface area (Å²) >= 11 is 0. The first-order valence-electron chi connectivity index (χ1n) is 15.9. The zero-order chi connectivity index (χ0) is 34.2. The zero-order valence-corrected chi connectivity index (χ0v) is 27.4. The van der Waals surface area contributed by atoms with Crippen LogP contribution in [0, 0.1) is 11.8 Å². The van der Waals surface area contributed by atoms with Gasteiger partial charge in [0.15, 0.2) is 0 Å². The molecule has 10 heteroatoms. The number of rotatable bonds is 17. The zero-order valence-electron chi connectivity index (χ0n) is 27.4. The van der Waals surface area contributed by atoms with E-state index >= 15 is 0 Å². The van der Waals surface area contributed by atoms with Crippen LogP contribution in [-0.2, 0) is 53.1 Å². The van der Waals surface area contributed by atoms with E-state index in [0.717, 1.165) is 16.7 Å². The third-order valence-electron chi connectivity index (χ3n) is 7.26. The first-order chi connectivity index (χ1) is 22.5. The average molecular weight is 644 g/mol. The van der Waals surface area contributed by atoms with Crippen molar-refractivity contribution in [2.45, 2.75) is 78.3 Å². The maximum atomic E-state index is 13.7. The fourth-order valence-electron chi connectivity index (χ4n) is 4.74. The van der Waals surface area contributed by atoms with Gasteiger partial charge in [-0.2, -0.15) is 0 Å². The average Bonchev–Trinajstić information content (AvgIpc) is 3.05. The van der Waals surface area contributed by atoms with Crippen molar-refractivity contribution in [2.24, 2.45) is 11.8 Å². The Kier molecular flexibility index (Phi) is 14.6. The molecular weight excluding hydrogens is 598 g/mol. The van der Waals surface area contributed by atoms with E-state index in [2.05, 4.69) is 16.0 Å². The van der Waals surface area contributed by atoms with Gasteiger partial charge in [0, 0.05) is 0 Å². The Balaban J connectivity index is 1.75. The lowest BCUT2D eigenvalue weighted by Gasteiger charge is -2.26. The van der Waals surface area contributed by atoms with Crippen molar-refractivity contribution < 1.29 is 33.4 Å².